The maximum atomic E-state index is 12.1. The molecule has 1 aliphatic heterocycles. The van der Waals surface area contributed by atoms with Crippen molar-refractivity contribution < 1.29 is 13.2 Å². The molecule has 1 atom stereocenters. The smallest absolute Gasteiger partial charge is 0.251 e. The summed E-state index contributed by atoms with van der Waals surface area (Å²) in [5, 5.41) is 5.82. The highest BCUT2D eigenvalue weighted by Crippen LogP contribution is 2.13. The second kappa shape index (κ2) is 6.21. The van der Waals surface area contributed by atoms with E-state index in [4.69, 9.17) is 0 Å². The highest BCUT2D eigenvalue weighted by molar-refractivity contribution is 7.91. The molecule has 1 unspecified atom stereocenters. The van der Waals surface area contributed by atoms with E-state index in [-0.39, 0.29) is 23.5 Å². The number of amides is 1. The predicted octanol–water partition coefficient (Wildman–Crippen LogP) is 0.820. The van der Waals surface area contributed by atoms with Gasteiger partial charge in [0.05, 0.1) is 11.5 Å². The van der Waals surface area contributed by atoms with Gasteiger partial charge in [0.1, 0.15) is 5.82 Å². The van der Waals surface area contributed by atoms with E-state index in [9.17, 15) is 13.2 Å². The first-order valence-corrected chi connectivity index (χ1v) is 8.53. The zero-order valence-corrected chi connectivity index (χ0v) is 12.2. The molecular weight excluding hydrogens is 278 g/mol. The molecular formula is C13H19N3O3S. The van der Waals surface area contributed by atoms with Crippen LogP contribution in [0.1, 0.15) is 30.1 Å². The number of sulfone groups is 1. The molecule has 1 aromatic heterocycles. The van der Waals surface area contributed by atoms with Crippen molar-refractivity contribution in [2.24, 2.45) is 0 Å². The lowest BCUT2D eigenvalue weighted by Crippen LogP contribution is -2.43. The lowest BCUT2D eigenvalue weighted by molar-refractivity contribution is 0.0938. The lowest BCUT2D eigenvalue weighted by Gasteiger charge is -2.23. The van der Waals surface area contributed by atoms with Crippen LogP contribution in [0.2, 0.25) is 0 Å². The van der Waals surface area contributed by atoms with Crippen molar-refractivity contribution >= 4 is 21.6 Å². The van der Waals surface area contributed by atoms with E-state index in [0.717, 1.165) is 6.54 Å². The van der Waals surface area contributed by atoms with Crippen molar-refractivity contribution in [3.8, 4) is 0 Å². The van der Waals surface area contributed by atoms with Gasteiger partial charge in [-0.05, 0) is 31.9 Å². The van der Waals surface area contributed by atoms with Crippen LogP contribution in [0.5, 0.6) is 0 Å². The van der Waals surface area contributed by atoms with E-state index in [2.05, 4.69) is 15.6 Å². The second-order valence-electron chi connectivity index (χ2n) is 4.89. The van der Waals surface area contributed by atoms with Crippen LogP contribution >= 0.6 is 0 Å². The number of nitrogens with one attached hydrogen (secondary N) is 2. The van der Waals surface area contributed by atoms with E-state index in [0.29, 0.717) is 24.2 Å². The number of hydrogen-bond acceptors (Lipinski definition) is 5. The minimum absolute atomic E-state index is 0.0316. The summed E-state index contributed by atoms with van der Waals surface area (Å²) in [5.41, 5.74) is 0.485. The Labute approximate surface area is 118 Å². The normalized spacial score (nSPS) is 21.1. The number of hydrogen-bond donors (Lipinski definition) is 2. The van der Waals surface area contributed by atoms with Crippen LogP contribution in [0.3, 0.4) is 0 Å². The number of pyridine rings is 1. The van der Waals surface area contributed by atoms with Crippen LogP contribution in [0.15, 0.2) is 18.3 Å². The van der Waals surface area contributed by atoms with E-state index in [1.54, 1.807) is 18.3 Å². The molecule has 20 heavy (non-hydrogen) atoms. The van der Waals surface area contributed by atoms with Crippen LogP contribution in [-0.4, -0.2) is 43.4 Å². The molecule has 1 aromatic rings. The average molecular weight is 297 g/mol. The van der Waals surface area contributed by atoms with Crippen LogP contribution in [0.4, 0.5) is 5.82 Å². The maximum Gasteiger partial charge on any atom is 0.251 e. The first kappa shape index (κ1) is 14.8. The largest absolute Gasteiger partial charge is 0.370 e. The SMILES string of the molecule is CCNc1cc(C(=O)NC2CCCS(=O)(=O)C2)ccn1. The van der Waals surface area contributed by atoms with Gasteiger partial charge in [-0.15, -0.1) is 0 Å². The van der Waals surface area contributed by atoms with Gasteiger partial charge >= 0.3 is 0 Å². The highest BCUT2D eigenvalue weighted by Gasteiger charge is 2.26. The Morgan fingerprint density at radius 1 is 1.50 bits per heavy atom. The van der Waals surface area contributed by atoms with Gasteiger partial charge in [0, 0.05) is 24.3 Å². The van der Waals surface area contributed by atoms with Crippen molar-refractivity contribution in [1.29, 1.82) is 0 Å². The molecule has 0 aromatic carbocycles. The topological polar surface area (TPSA) is 88.2 Å². The summed E-state index contributed by atoms with van der Waals surface area (Å²) in [6.45, 7) is 2.67. The summed E-state index contributed by atoms with van der Waals surface area (Å²) in [6.07, 6.45) is 2.87. The summed E-state index contributed by atoms with van der Waals surface area (Å²) in [7, 11) is -3.02. The molecule has 1 aliphatic rings. The Bertz CT molecular complexity index is 586. The fourth-order valence-electron chi connectivity index (χ4n) is 2.25. The standard InChI is InChI=1S/C13H19N3O3S/c1-2-14-12-8-10(5-6-15-12)13(17)16-11-4-3-7-20(18,19)9-11/h5-6,8,11H,2-4,7,9H2,1H3,(H,14,15)(H,16,17). The zero-order valence-electron chi connectivity index (χ0n) is 11.4. The van der Waals surface area contributed by atoms with Gasteiger partial charge in [-0.2, -0.15) is 0 Å². The number of carbonyl (C=O) groups excluding carboxylic acids is 1. The summed E-state index contributed by atoms with van der Waals surface area (Å²) in [4.78, 5) is 16.2. The summed E-state index contributed by atoms with van der Waals surface area (Å²) >= 11 is 0. The van der Waals surface area contributed by atoms with Gasteiger partial charge in [-0.3, -0.25) is 4.79 Å². The minimum atomic E-state index is -3.02. The van der Waals surface area contributed by atoms with Crippen molar-refractivity contribution in [2.75, 3.05) is 23.4 Å². The fraction of sp³-hybridized carbons (Fsp3) is 0.538. The molecule has 110 valence electrons. The fourth-order valence-corrected chi connectivity index (χ4v) is 3.89. The Kier molecular flexibility index (Phi) is 4.59. The van der Waals surface area contributed by atoms with Gasteiger partial charge in [0.25, 0.3) is 5.91 Å². The molecule has 0 spiro atoms. The lowest BCUT2D eigenvalue weighted by atomic mass is 10.1. The highest BCUT2D eigenvalue weighted by atomic mass is 32.2. The number of rotatable bonds is 4. The average Bonchev–Trinajstić information content (AvgIpc) is 2.38. The predicted molar refractivity (Wildman–Crippen MR) is 77.5 cm³/mol. The Morgan fingerprint density at radius 3 is 3.00 bits per heavy atom. The van der Waals surface area contributed by atoms with Crippen LogP contribution < -0.4 is 10.6 Å². The van der Waals surface area contributed by atoms with E-state index >= 15 is 0 Å². The zero-order chi connectivity index (χ0) is 14.6. The third-order valence-electron chi connectivity index (χ3n) is 3.18. The maximum absolute atomic E-state index is 12.1. The molecule has 1 fully saturated rings. The van der Waals surface area contributed by atoms with Gasteiger partial charge in [-0.25, -0.2) is 13.4 Å². The monoisotopic (exact) mass is 297 g/mol. The van der Waals surface area contributed by atoms with Crippen LogP contribution in [0.25, 0.3) is 0 Å². The molecule has 6 nitrogen and oxygen atoms in total. The first-order chi connectivity index (χ1) is 9.50. The minimum Gasteiger partial charge on any atom is -0.370 e. The van der Waals surface area contributed by atoms with Crippen LogP contribution in [0, 0.1) is 0 Å². The molecule has 0 bridgehead atoms. The Balaban J connectivity index is 2.02. The third-order valence-corrected chi connectivity index (χ3v) is 5.00. The molecule has 0 saturated carbocycles. The molecule has 0 radical (unpaired) electrons. The number of anilines is 1. The molecule has 2 N–H and O–H groups in total. The molecule has 7 heteroatoms. The second-order valence-corrected chi connectivity index (χ2v) is 7.12. The van der Waals surface area contributed by atoms with Gasteiger partial charge in [0.2, 0.25) is 0 Å². The van der Waals surface area contributed by atoms with Crippen LogP contribution in [-0.2, 0) is 9.84 Å². The molecule has 1 saturated heterocycles. The van der Waals surface area contributed by atoms with Crippen molar-refractivity contribution in [3.05, 3.63) is 23.9 Å². The molecule has 2 rings (SSSR count). The third kappa shape index (κ3) is 3.93. The summed E-state index contributed by atoms with van der Waals surface area (Å²) in [6, 6.07) is 2.99. The quantitative estimate of drug-likeness (QED) is 0.859. The van der Waals surface area contributed by atoms with Crippen molar-refractivity contribution in [3.63, 3.8) is 0 Å². The van der Waals surface area contributed by atoms with E-state index in [1.807, 2.05) is 6.92 Å². The van der Waals surface area contributed by atoms with Gasteiger partial charge < -0.3 is 10.6 Å². The molecule has 0 aliphatic carbocycles. The number of nitrogens with zero attached hydrogens (tertiary/aromatic N) is 1. The van der Waals surface area contributed by atoms with E-state index in [1.165, 1.54) is 0 Å². The summed E-state index contributed by atoms with van der Waals surface area (Å²) < 4.78 is 23.1. The number of carbonyl (C=O) groups is 1. The number of aromatic nitrogens is 1. The van der Waals surface area contributed by atoms with Gasteiger partial charge in [-0.1, -0.05) is 0 Å². The van der Waals surface area contributed by atoms with Gasteiger partial charge in [0.15, 0.2) is 9.84 Å². The first-order valence-electron chi connectivity index (χ1n) is 6.71. The molecule has 2 heterocycles. The summed E-state index contributed by atoms with van der Waals surface area (Å²) in [5.74, 6) is 0.633. The molecule has 1 amide bonds. The van der Waals surface area contributed by atoms with E-state index < -0.39 is 9.84 Å². The Morgan fingerprint density at radius 2 is 2.30 bits per heavy atom. The Hall–Kier alpha value is -1.63. The van der Waals surface area contributed by atoms with Crippen molar-refractivity contribution in [1.82, 2.24) is 10.3 Å². The van der Waals surface area contributed by atoms with Crippen molar-refractivity contribution in [2.45, 2.75) is 25.8 Å².